The molecule has 0 saturated carbocycles. The first-order chi connectivity index (χ1) is 7.79. The second-order valence-electron chi connectivity index (χ2n) is 3.91. The van der Waals surface area contributed by atoms with Crippen LogP contribution >= 0.6 is 0 Å². The molecule has 2 nitrogen and oxygen atoms in total. The van der Waals surface area contributed by atoms with Gasteiger partial charge in [0.05, 0.1) is 6.07 Å². The fourth-order valence-corrected chi connectivity index (χ4v) is 1.87. The average Bonchev–Trinajstić information content (AvgIpc) is 2.33. The highest BCUT2D eigenvalue weighted by Gasteiger charge is 2.12. The smallest absolute Gasteiger partial charge is 0.123 e. The van der Waals surface area contributed by atoms with Gasteiger partial charge < -0.3 is 5.32 Å². The molecule has 1 aromatic rings. The normalized spacial score (nSPS) is 15.8. The molecule has 0 fully saturated rings. The third kappa shape index (κ3) is 2.40. The molecule has 3 heteroatoms. The predicted molar refractivity (Wildman–Crippen MR) is 61.1 cm³/mol. The van der Waals surface area contributed by atoms with Crippen LogP contribution in [0.15, 0.2) is 35.5 Å². The summed E-state index contributed by atoms with van der Waals surface area (Å²) in [6.45, 7) is 0. The summed E-state index contributed by atoms with van der Waals surface area (Å²) in [6.07, 6.45) is 3.94. The Labute approximate surface area is 94.4 Å². The number of nitriles is 1. The van der Waals surface area contributed by atoms with Crippen LogP contribution in [-0.2, 0) is 0 Å². The van der Waals surface area contributed by atoms with Crippen LogP contribution in [0.25, 0.3) is 0 Å². The molecule has 2 rings (SSSR count). The third-order valence-corrected chi connectivity index (χ3v) is 2.74. The lowest BCUT2D eigenvalue weighted by Crippen LogP contribution is -2.07. The fourth-order valence-electron chi connectivity index (χ4n) is 1.87. The van der Waals surface area contributed by atoms with Crippen molar-refractivity contribution in [3.8, 4) is 6.07 Å². The monoisotopic (exact) mass is 216 g/mol. The molecular weight excluding hydrogens is 203 g/mol. The summed E-state index contributed by atoms with van der Waals surface area (Å²) in [7, 11) is 0. The molecule has 1 aromatic carbocycles. The molecule has 0 saturated heterocycles. The van der Waals surface area contributed by atoms with Crippen LogP contribution in [0.3, 0.4) is 0 Å². The summed E-state index contributed by atoms with van der Waals surface area (Å²) in [5.41, 5.74) is 2.65. The van der Waals surface area contributed by atoms with Crippen molar-refractivity contribution in [1.82, 2.24) is 0 Å². The number of nitrogens with zero attached hydrogens (tertiary/aromatic N) is 1. The SMILES string of the molecule is N#CC1=C(Nc2ccc(F)cc2)CCCC1. The maximum Gasteiger partial charge on any atom is 0.123 e. The van der Waals surface area contributed by atoms with Gasteiger partial charge in [-0.1, -0.05) is 0 Å². The minimum Gasteiger partial charge on any atom is -0.358 e. The molecule has 16 heavy (non-hydrogen) atoms. The van der Waals surface area contributed by atoms with E-state index in [0.29, 0.717) is 0 Å². The van der Waals surface area contributed by atoms with Crippen LogP contribution in [0.1, 0.15) is 25.7 Å². The van der Waals surface area contributed by atoms with Crippen LogP contribution in [0.2, 0.25) is 0 Å². The molecule has 82 valence electrons. The number of anilines is 1. The van der Waals surface area contributed by atoms with Crippen molar-refractivity contribution in [2.24, 2.45) is 0 Å². The first kappa shape index (κ1) is 10.7. The van der Waals surface area contributed by atoms with Crippen molar-refractivity contribution < 1.29 is 4.39 Å². The zero-order valence-electron chi connectivity index (χ0n) is 8.96. The standard InChI is InChI=1S/C13H13FN2/c14-11-5-7-12(8-6-11)16-13-4-2-1-3-10(13)9-15/h5-8,16H,1-4H2. The lowest BCUT2D eigenvalue weighted by atomic mass is 9.97. The average molecular weight is 216 g/mol. The summed E-state index contributed by atoms with van der Waals surface area (Å²) in [4.78, 5) is 0. The number of rotatable bonds is 2. The van der Waals surface area contributed by atoms with Crippen molar-refractivity contribution in [2.75, 3.05) is 5.32 Å². The zero-order valence-corrected chi connectivity index (χ0v) is 8.96. The number of allylic oxidation sites excluding steroid dienone is 2. The molecule has 0 heterocycles. The Bertz CT molecular complexity index is 440. The number of halogens is 1. The predicted octanol–water partition coefficient (Wildman–Crippen LogP) is 3.59. The van der Waals surface area contributed by atoms with Gasteiger partial charge in [-0.2, -0.15) is 5.26 Å². The van der Waals surface area contributed by atoms with Gasteiger partial charge in [0.25, 0.3) is 0 Å². The number of nitrogens with one attached hydrogen (secondary N) is 1. The molecule has 1 aliphatic carbocycles. The minimum absolute atomic E-state index is 0.247. The van der Waals surface area contributed by atoms with Gasteiger partial charge in [-0.25, -0.2) is 4.39 Å². The quantitative estimate of drug-likeness (QED) is 0.820. The Hall–Kier alpha value is -1.82. The summed E-state index contributed by atoms with van der Waals surface area (Å²) in [5.74, 6) is -0.247. The van der Waals surface area contributed by atoms with E-state index in [1.54, 1.807) is 12.1 Å². The van der Waals surface area contributed by atoms with E-state index in [1.165, 1.54) is 12.1 Å². The topological polar surface area (TPSA) is 35.8 Å². The molecule has 0 aliphatic heterocycles. The lowest BCUT2D eigenvalue weighted by molar-refractivity contribution is 0.628. The summed E-state index contributed by atoms with van der Waals surface area (Å²) in [5, 5.41) is 12.2. The van der Waals surface area contributed by atoms with E-state index in [-0.39, 0.29) is 5.82 Å². The Balaban J connectivity index is 2.17. The maximum atomic E-state index is 12.7. The van der Waals surface area contributed by atoms with Gasteiger partial charge in [-0.05, 0) is 49.9 Å². The molecule has 0 atom stereocenters. The highest BCUT2D eigenvalue weighted by molar-refractivity contribution is 5.51. The van der Waals surface area contributed by atoms with Crippen molar-refractivity contribution in [3.05, 3.63) is 41.4 Å². The fraction of sp³-hybridized carbons (Fsp3) is 0.308. The van der Waals surface area contributed by atoms with Crippen molar-refractivity contribution >= 4 is 5.69 Å². The highest BCUT2D eigenvalue weighted by Crippen LogP contribution is 2.25. The van der Waals surface area contributed by atoms with Crippen molar-refractivity contribution in [1.29, 1.82) is 5.26 Å². The van der Waals surface area contributed by atoms with Crippen LogP contribution in [-0.4, -0.2) is 0 Å². The van der Waals surface area contributed by atoms with Gasteiger partial charge in [0.15, 0.2) is 0 Å². The second-order valence-corrected chi connectivity index (χ2v) is 3.91. The molecule has 0 spiro atoms. The van der Waals surface area contributed by atoms with Crippen LogP contribution in [0, 0.1) is 17.1 Å². The third-order valence-electron chi connectivity index (χ3n) is 2.74. The molecule has 1 aliphatic rings. The Kier molecular flexibility index (Phi) is 3.21. The molecule has 0 amide bonds. The molecule has 0 radical (unpaired) electrons. The Morgan fingerprint density at radius 1 is 1.12 bits per heavy atom. The molecule has 0 bridgehead atoms. The van der Waals surface area contributed by atoms with E-state index < -0.39 is 0 Å². The zero-order chi connectivity index (χ0) is 11.4. The maximum absolute atomic E-state index is 12.7. The molecular formula is C13H13FN2. The van der Waals surface area contributed by atoms with Gasteiger partial charge >= 0.3 is 0 Å². The van der Waals surface area contributed by atoms with E-state index in [4.69, 9.17) is 5.26 Å². The Morgan fingerprint density at radius 3 is 2.50 bits per heavy atom. The van der Waals surface area contributed by atoms with Gasteiger partial charge in [-0.15, -0.1) is 0 Å². The molecule has 0 aromatic heterocycles. The van der Waals surface area contributed by atoms with Crippen molar-refractivity contribution in [2.45, 2.75) is 25.7 Å². The Morgan fingerprint density at radius 2 is 1.81 bits per heavy atom. The number of hydrogen-bond acceptors (Lipinski definition) is 2. The van der Waals surface area contributed by atoms with E-state index in [1.807, 2.05) is 0 Å². The summed E-state index contributed by atoms with van der Waals surface area (Å²) in [6, 6.07) is 8.43. The second kappa shape index (κ2) is 4.80. The highest BCUT2D eigenvalue weighted by atomic mass is 19.1. The van der Waals surface area contributed by atoms with Gasteiger partial charge in [0.2, 0.25) is 0 Å². The number of benzene rings is 1. The summed E-state index contributed by atoms with van der Waals surface area (Å²) >= 11 is 0. The largest absolute Gasteiger partial charge is 0.358 e. The van der Waals surface area contributed by atoms with Gasteiger partial charge in [0.1, 0.15) is 5.82 Å². The van der Waals surface area contributed by atoms with Gasteiger partial charge in [0, 0.05) is 17.0 Å². The van der Waals surface area contributed by atoms with E-state index >= 15 is 0 Å². The first-order valence-corrected chi connectivity index (χ1v) is 5.44. The van der Waals surface area contributed by atoms with E-state index in [9.17, 15) is 4.39 Å². The van der Waals surface area contributed by atoms with E-state index in [0.717, 1.165) is 42.6 Å². The number of hydrogen-bond donors (Lipinski definition) is 1. The van der Waals surface area contributed by atoms with E-state index in [2.05, 4.69) is 11.4 Å². The lowest BCUT2D eigenvalue weighted by Gasteiger charge is -2.17. The van der Waals surface area contributed by atoms with Crippen LogP contribution in [0.5, 0.6) is 0 Å². The van der Waals surface area contributed by atoms with Crippen molar-refractivity contribution in [3.63, 3.8) is 0 Å². The van der Waals surface area contributed by atoms with Gasteiger partial charge in [-0.3, -0.25) is 0 Å². The minimum atomic E-state index is -0.247. The molecule has 0 unspecified atom stereocenters. The van der Waals surface area contributed by atoms with Crippen LogP contribution in [0.4, 0.5) is 10.1 Å². The van der Waals surface area contributed by atoms with Crippen LogP contribution < -0.4 is 5.32 Å². The molecule has 1 N–H and O–H groups in total. The summed E-state index contributed by atoms with van der Waals surface area (Å²) < 4.78 is 12.7. The first-order valence-electron chi connectivity index (χ1n) is 5.44.